The van der Waals surface area contributed by atoms with Crippen LogP contribution in [0.3, 0.4) is 0 Å². The molecule has 2 bridgehead atoms. The lowest BCUT2D eigenvalue weighted by atomic mass is 10.00. The van der Waals surface area contributed by atoms with E-state index in [9.17, 15) is 9.18 Å². The third-order valence-corrected chi connectivity index (χ3v) is 3.63. The number of nitrogens with zero attached hydrogens (tertiary/aromatic N) is 3. The largest absolute Gasteiger partial charge is 0.370 e. The number of anilines is 1. The zero-order valence-electron chi connectivity index (χ0n) is 10.5. The van der Waals surface area contributed by atoms with Gasteiger partial charge in [0.15, 0.2) is 5.82 Å². The number of nitrogens with one attached hydrogen (secondary N) is 1. The third kappa shape index (κ3) is 2.25. The van der Waals surface area contributed by atoms with Crippen molar-refractivity contribution in [2.75, 3.05) is 25.0 Å². The van der Waals surface area contributed by atoms with Crippen LogP contribution in [0.25, 0.3) is 0 Å². The van der Waals surface area contributed by atoms with Crippen LogP contribution >= 0.6 is 0 Å². The molecule has 0 aliphatic carbocycles. The Bertz CT molecular complexity index is 481. The summed E-state index contributed by atoms with van der Waals surface area (Å²) < 4.78 is 18.6. The molecule has 2 aliphatic rings. The number of rotatable bonds is 2. The number of hydrogen-bond donors (Lipinski definition) is 1. The molecule has 0 spiro atoms. The average Bonchev–Trinajstić information content (AvgIpc) is 2.73. The predicted octanol–water partition coefficient (Wildman–Crippen LogP) is -0.0446. The molecule has 2 aliphatic heterocycles. The minimum absolute atomic E-state index is 0.00868. The normalized spacial score (nSPS) is 29.4. The summed E-state index contributed by atoms with van der Waals surface area (Å²) in [5.74, 6) is -0.0877. The number of aromatic nitrogens is 2. The van der Waals surface area contributed by atoms with E-state index in [0.29, 0.717) is 25.5 Å². The van der Waals surface area contributed by atoms with Crippen molar-refractivity contribution in [2.24, 2.45) is 5.92 Å². The van der Waals surface area contributed by atoms with Gasteiger partial charge in [0.05, 0.1) is 30.5 Å². The highest BCUT2D eigenvalue weighted by Gasteiger charge is 2.44. The molecule has 1 amide bonds. The van der Waals surface area contributed by atoms with Crippen LogP contribution in [0.1, 0.15) is 6.42 Å². The Hall–Kier alpha value is -1.76. The summed E-state index contributed by atoms with van der Waals surface area (Å²) >= 11 is 0. The quantitative estimate of drug-likeness (QED) is 0.813. The summed E-state index contributed by atoms with van der Waals surface area (Å²) in [6.07, 6.45) is 2.87. The monoisotopic (exact) mass is 266 g/mol. The lowest BCUT2D eigenvalue weighted by molar-refractivity contribution is -0.126. The van der Waals surface area contributed by atoms with Gasteiger partial charge in [0.1, 0.15) is 0 Å². The van der Waals surface area contributed by atoms with E-state index in [0.717, 1.165) is 12.4 Å². The molecule has 2 fully saturated rings. The molecule has 19 heavy (non-hydrogen) atoms. The Morgan fingerprint density at radius 2 is 2.21 bits per heavy atom. The van der Waals surface area contributed by atoms with Gasteiger partial charge in [-0.1, -0.05) is 0 Å². The van der Waals surface area contributed by atoms with Crippen LogP contribution in [0.2, 0.25) is 0 Å². The molecule has 1 aromatic rings. The van der Waals surface area contributed by atoms with Gasteiger partial charge in [0.25, 0.3) is 0 Å². The molecule has 2 saturated heterocycles. The van der Waals surface area contributed by atoms with Crippen molar-refractivity contribution in [3.63, 3.8) is 0 Å². The molecular weight excluding hydrogens is 251 g/mol. The second-order valence-corrected chi connectivity index (χ2v) is 4.86. The molecule has 0 aromatic carbocycles. The fraction of sp³-hybridized carbons (Fsp3) is 0.583. The molecule has 1 N–H and O–H groups in total. The Labute approximate surface area is 110 Å². The Kier molecular flexibility index (Phi) is 3.06. The van der Waals surface area contributed by atoms with Crippen LogP contribution in [0.5, 0.6) is 0 Å². The first-order valence-electron chi connectivity index (χ1n) is 6.27. The maximum absolute atomic E-state index is 12.8. The SMILES string of the molecule is CNC(=O)[C@H]1C[C@@H]2CN(c3ncc(F)cn3)C[C@H]1O2. The van der Waals surface area contributed by atoms with E-state index in [1.807, 2.05) is 4.90 Å². The molecular formula is C12H15FN4O2. The molecule has 0 radical (unpaired) electrons. The highest BCUT2D eigenvalue weighted by atomic mass is 19.1. The van der Waals surface area contributed by atoms with Crippen molar-refractivity contribution in [3.8, 4) is 0 Å². The van der Waals surface area contributed by atoms with E-state index >= 15 is 0 Å². The van der Waals surface area contributed by atoms with Gasteiger partial charge < -0.3 is 15.0 Å². The third-order valence-electron chi connectivity index (χ3n) is 3.63. The predicted molar refractivity (Wildman–Crippen MR) is 65.0 cm³/mol. The highest BCUT2D eigenvalue weighted by molar-refractivity contribution is 5.79. The molecule has 0 unspecified atom stereocenters. The molecule has 0 saturated carbocycles. The lowest BCUT2D eigenvalue weighted by Crippen LogP contribution is -2.45. The van der Waals surface area contributed by atoms with Crippen molar-refractivity contribution in [1.82, 2.24) is 15.3 Å². The van der Waals surface area contributed by atoms with Gasteiger partial charge in [-0.2, -0.15) is 0 Å². The Balaban J connectivity index is 1.75. The topological polar surface area (TPSA) is 67.4 Å². The number of hydrogen-bond acceptors (Lipinski definition) is 5. The Morgan fingerprint density at radius 3 is 2.89 bits per heavy atom. The summed E-state index contributed by atoms with van der Waals surface area (Å²) in [7, 11) is 1.63. The number of ether oxygens (including phenoxy) is 1. The summed E-state index contributed by atoms with van der Waals surface area (Å²) in [5, 5.41) is 2.66. The number of amides is 1. The van der Waals surface area contributed by atoms with E-state index in [1.165, 1.54) is 0 Å². The fourth-order valence-electron chi connectivity index (χ4n) is 2.75. The van der Waals surface area contributed by atoms with E-state index in [-0.39, 0.29) is 24.0 Å². The van der Waals surface area contributed by atoms with Gasteiger partial charge in [0, 0.05) is 20.1 Å². The van der Waals surface area contributed by atoms with E-state index in [2.05, 4.69) is 15.3 Å². The van der Waals surface area contributed by atoms with E-state index in [4.69, 9.17) is 4.74 Å². The second kappa shape index (κ2) is 4.73. The summed E-state index contributed by atoms with van der Waals surface area (Å²) in [6.45, 7) is 1.19. The second-order valence-electron chi connectivity index (χ2n) is 4.86. The molecule has 3 rings (SSSR count). The lowest BCUT2D eigenvalue weighted by Gasteiger charge is -2.32. The van der Waals surface area contributed by atoms with Crippen LogP contribution in [0.15, 0.2) is 12.4 Å². The Morgan fingerprint density at radius 1 is 1.47 bits per heavy atom. The minimum Gasteiger partial charge on any atom is -0.370 e. The van der Waals surface area contributed by atoms with Crippen LogP contribution in [0.4, 0.5) is 10.3 Å². The van der Waals surface area contributed by atoms with Crippen LogP contribution in [0, 0.1) is 11.7 Å². The van der Waals surface area contributed by atoms with E-state index < -0.39 is 5.82 Å². The first kappa shape index (κ1) is 12.3. The van der Waals surface area contributed by atoms with Gasteiger partial charge in [-0.05, 0) is 6.42 Å². The molecule has 6 nitrogen and oxygen atoms in total. The molecule has 3 heterocycles. The maximum Gasteiger partial charge on any atom is 0.225 e. The maximum atomic E-state index is 12.8. The fourth-order valence-corrected chi connectivity index (χ4v) is 2.75. The van der Waals surface area contributed by atoms with Crippen LogP contribution < -0.4 is 10.2 Å². The molecule has 3 atom stereocenters. The summed E-state index contributed by atoms with van der Waals surface area (Å²) in [6, 6.07) is 0. The van der Waals surface area contributed by atoms with Crippen LogP contribution in [-0.4, -0.2) is 48.2 Å². The molecule has 7 heteroatoms. The summed E-state index contributed by atoms with van der Waals surface area (Å²) in [4.78, 5) is 21.6. The van der Waals surface area contributed by atoms with Crippen molar-refractivity contribution in [2.45, 2.75) is 18.6 Å². The van der Waals surface area contributed by atoms with Gasteiger partial charge in [-0.15, -0.1) is 0 Å². The average molecular weight is 266 g/mol. The molecule has 102 valence electrons. The van der Waals surface area contributed by atoms with Gasteiger partial charge in [-0.3, -0.25) is 4.79 Å². The highest BCUT2D eigenvalue weighted by Crippen LogP contribution is 2.33. The van der Waals surface area contributed by atoms with E-state index in [1.54, 1.807) is 7.05 Å². The number of fused-ring (bicyclic) bond motifs is 2. The first-order chi connectivity index (χ1) is 9.17. The summed E-state index contributed by atoms with van der Waals surface area (Å²) in [5.41, 5.74) is 0. The smallest absolute Gasteiger partial charge is 0.225 e. The van der Waals surface area contributed by atoms with Crippen molar-refractivity contribution >= 4 is 11.9 Å². The minimum atomic E-state index is -0.455. The van der Waals surface area contributed by atoms with Crippen molar-refractivity contribution in [1.29, 1.82) is 0 Å². The van der Waals surface area contributed by atoms with Gasteiger partial charge in [0.2, 0.25) is 11.9 Å². The van der Waals surface area contributed by atoms with Gasteiger partial charge >= 0.3 is 0 Å². The van der Waals surface area contributed by atoms with Crippen LogP contribution in [-0.2, 0) is 9.53 Å². The van der Waals surface area contributed by atoms with Crippen molar-refractivity contribution in [3.05, 3.63) is 18.2 Å². The number of carbonyl (C=O) groups is 1. The number of carbonyl (C=O) groups excluding carboxylic acids is 1. The zero-order chi connectivity index (χ0) is 13.4. The molecule has 1 aromatic heterocycles. The van der Waals surface area contributed by atoms with Gasteiger partial charge in [-0.25, -0.2) is 14.4 Å². The van der Waals surface area contributed by atoms with Crippen molar-refractivity contribution < 1.29 is 13.9 Å². The number of morpholine rings is 1. The standard InChI is InChI=1S/C12H15FN4O2/c1-14-11(18)9-2-8-5-17(6-10(9)19-8)12-15-3-7(13)4-16-12/h3-4,8-10H,2,5-6H2,1H3,(H,14,18)/t8-,9+,10-/m1/s1. The number of halogens is 1. The zero-order valence-corrected chi connectivity index (χ0v) is 10.5. The first-order valence-corrected chi connectivity index (χ1v) is 6.27.